The lowest BCUT2D eigenvalue weighted by atomic mass is 10.3. The molecule has 3 rings (SSSR count). The number of nitrogens with zero attached hydrogens (tertiary/aromatic N) is 6. The molecule has 0 aliphatic carbocycles. The lowest BCUT2D eigenvalue weighted by Gasteiger charge is -2.33. The van der Waals surface area contributed by atoms with Gasteiger partial charge >= 0.3 is 0 Å². The molecule has 0 amide bonds. The molecule has 0 N–H and O–H groups in total. The van der Waals surface area contributed by atoms with Crippen LogP contribution in [-0.2, 0) is 19.6 Å². The van der Waals surface area contributed by atoms with E-state index in [1.807, 2.05) is 13.1 Å². The van der Waals surface area contributed by atoms with Gasteiger partial charge < -0.3 is 9.30 Å². The van der Waals surface area contributed by atoms with Crippen molar-refractivity contribution in [2.45, 2.75) is 33.5 Å². The highest BCUT2D eigenvalue weighted by Gasteiger charge is 2.19. The quantitative estimate of drug-likeness (QED) is 0.763. The first kappa shape index (κ1) is 16.4. The minimum absolute atomic E-state index is 0.640. The summed E-state index contributed by atoms with van der Waals surface area (Å²) in [4.78, 5) is 9.36. The third-order valence-electron chi connectivity index (χ3n) is 4.05. The van der Waals surface area contributed by atoms with Gasteiger partial charge in [-0.3, -0.25) is 9.80 Å². The Kier molecular flexibility index (Phi) is 5.58. The highest BCUT2D eigenvalue weighted by atomic mass is 32.1. The van der Waals surface area contributed by atoms with E-state index >= 15 is 0 Å². The van der Waals surface area contributed by atoms with Crippen molar-refractivity contribution in [1.82, 2.24) is 29.5 Å². The molecule has 8 heteroatoms. The number of aryl methyl sites for hydroxylation is 1. The zero-order chi connectivity index (χ0) is 16.1. The lowest BCUT2D eigenvalue weighted by Crippen LogP contribution is -2.45. The monoisotopic (exact) mass is 336 g/mol. The average molecular weight is 336 g/mol. The maximum absolute atomic E-state index is 5.38. The van der Waals surface area contributed by atoms with Crippen molar-refractivity contribution in [3.63, 3.8) is 0 Å². The largest absolute Gasteiger partial charge is 0.469 e. The first-order valence-corrected chi connectivity index (χ1v) is 9.00. The highest BCUT2D eigenvalue weighted by Crippen LogP contribution is 2.20. The molecule has 1 fully saturated rings. The van der Waals surface area contributed by atoms with Gasteiger partial charge in [-0.25, -0.2) is 4.98 Å². The summed E-state index contributed by atoms with van der Waals surface area (Å²) in [7, 11) is 0. The Morgan fingerprint density at radius 2 is 1.83 bits per heavy atom. The van der Waals surface area contributed by atoms with Crippen LogP contribution in [0.2, 0.25) is 0 Å². The lowest BCUT2D eigenvalue weighted by molar-refractivity contribution is 0.118. The van der Waals surface area contributed by atoms with E-state index in [9.17, 15) is 0 Å². The van der Waals surface area contributed by atoms with Crippen LogP contribution in [0.1, 0.15) is 24.7 Å². The molecule has 0 saturated carbocycles. The molecule has 7 nitrogen and oxygen atoms in total. The second-order valence-electron chi connectivity index (χ2n) is 5.58. The molecule has 23 heavy (non-hydrogen) atoms. The van der Waals surface area contributed by atoms with Crippen molar-refractivity contribution in [1.29, 1.82) is 0 Å². The molecule has 2 aromatic rings. The Morgan fingerprint density at radius 1 is 1.09 bits per heavy atom. The SMILES string of the molecule is CCOc1nnc(CN2CCN(Cc3nccn3CC)CC2)s1. The maximum Gasteiger partial charge on any atom is 0.294 e. The summed E-state index contributed by atoms with van der Waals surface area (Å²) < 4.78 is 7.59. The fourth-order valence-corrected chi connectivity index (χ4v) is 3.55. The Labute approximate surface area is 140 Å². The number of aromatic nitrogens is 4. The molecular weight excluding hydrogens is 312 g/mol. The minimum atomic E-state index is 0.640. The van der Waals surface area contributed by atoms with Gasteiger partial charge in [0.05, 0.1) is 19.7 Å². The fourth-order valence-electron chi connectivity index (χ4n) is 2.76. The summed E-state index contributed by atoms with van der Waals surface area (Å²) in [6, 6.07) is 0. The Hall–Kier alpha value is -1.51. The van der Waals surface area contributed by atoms with Gasteiger partial charge in [0, 0.05) is 45.1 Å². The topological polar surface area (TPSA) is 59.3 Å². The van der Waals surface area contributed by atoms with Crippen LogP contribution in [-0.4, -0.2) is 62.3 Å². The molecule has 0 unspecified atom stereocenters. The summed E-state index contributed by atoms with van der Waals surface area (Å²) in [5, 5.41) is 9.96. The smallest absolute Gasteiger partial charge is 0.294 e. The molecular formula is C15H24N6OS. The molecule has 0 spiro atoms. The number of hydrogen-bond donors (Lipinski definition) is 0. The average Bonchev–Trinajstić information content (AvgIpc) is 3.19. The molecule has 1 aliphatic rings. The van der Waals surface area contributed by atoms with Crippen molar-refractivity contribution in [3.8, 4) is 5.19 Å². The molecule has 0 bridgehead atoms. The summed E-state index contributed by atoms with van der Waals surface area (Å²) >= 11 is 1.55. The normalized spacial score (nSPS) is 16.8. The third-order valence-corrected chi connectivity index (χ3v) is 4.87. The predicted molar refractivity (Wildman–Crippen MR) is 89.5 cm³/mol. The summed E-state index contributed by atoms with van der Waals surface area (Å²) in [6.45, 7) is 11.8. The van der Waals surface area contributed by atoms with Gasteiger partial charge in [0.2, 0.25) is 0 Å². The van der Waals surface area contributed by atoms with Crippen molar-refractivity contribution in [3.05, 3.63) is 23.2 Å². The highest BCUT2D eigenvalue weighted by molar-refractivity contribution is 7.13. The molecule has 126 valence electrons. The van der Waals surface area contributed by atoms with Crippen molar-refractivity contribution >= 4 is 11.3 Å². The second-order valence-corrected chi connectivity index (χ2v) is 6.60. The van der Waals surface area contributed by atoms with Crippen LogP contribution in [0.4, 0.5) is 0 Å². The fraction of sp³-hybridized carbons (Fsp3) is 0.667. The van der Waals surface area contributed by atoms with Gasteiger partial charge in [-0.15, -0.1) is 10.2 Å². The minimum Gasteiger partial charge on any atom is -0.469 e. The Morgan fingerprint density at radius 3 is 2.52 bits per heavy atom. The summed E-state index contributed by atoms with van der Waals surface area (Å²) in [6.07, 6.45) is 3.94. The molecule has 2 aromatic heterocycles. The van der Waals surface area contributed by atoms with Crippen LogP contribution in [0.5, 0.6) is 5.19 Å². The van der Waals surface area contributed by atoms with E-state index in [-0.39, 0.29) is 0 Å². The van der Waals surface area contributed by atoms with E-state index in [1.54, 1.807) is 11.3 Å². The molecule has 1 aliphatic heterocycles. The van der Waals surface area contributed by atoms with Gasteiger partial charge in [-0.05, 0) is 13.8 Å². The molecule has 3 heterocycles. The third kappa shape index (κ3) is 4.27. The molecule has 0 radical (unpaired) electrons. The number of piperazine rings is 1. The van der Waals surface area contributed by atoms with Crippen molar-refractivity contribution in [2.75, 3.05) is 32.8 Å². The van der Waals surface area contributed by atoms with Crippen LogP contribution in [0.15, 0.2) is 12.4 Å². The Bertz CT molecular complexity index is 605. The number of rotatable bonds is 7. The van der Waals surface area contributed by atoms with Crippen LogP contribution in [0.3, 0.4) is 0 Å². The summed E-state index contributed by atoms with van der Waals surface area (Å²) in [5.41, 5.74) is 0. The van der Waals surface area contributed by atoms with Crippen LogP contribution >= 0.6 is 11.3 Å². The number of hydrogen-bond acceptors (Lipinski definition) is 7. The van der Waals surface area contributed by atoms with Gasteiger partial charge in [-0.2, -0.15) is 0 Å². The molecule has 0 aromatic carbocycles. The van der Waals surface area contributed by atoms with E-state index in [0.29, 0.717) is 11.8 Å². The van der Waals surface area contributed by atoms with E-state index < -0.39 is 0 Å². The second kappa shape index (κ2) is 7.85. The Balaban J connectivity index is 1.46. The summed E-state index contributed by atoms with van der Waals surface area (Å²) in [5.74, 6) is 1.16. The van der Waals surface area contributed by atoms with Crippen LogP contribution in [0, 0.1) is 0 Å². The zero-order valence-corrected chi connectivity index (χ0v) is 14.6. The van der Waals surface area contributed by atoms with Crippen molar-refractivity contribution in [2.24, 2.45) is 0 Å². The zero-order valence-electron chi connectivity index (χ0n) is 13.8. The first-order chi connectivity index (χ1) is 11.3. The number of ether oxygens (including phenoxy) is 1. The van der Waals surface area contributed by atoms with Gasteiger partial charge in [0.1, 0.15) is 10.8 Å². The van der Waals surface area contributed by atoms with Gasteiger partial charge in [0.15, 0.2) is 0 Å². The van der Waals surface area contributed by atoms with E-state index in [1.165, 1.54) is 0 Å². The molecule has 0 atom stereocenters. The maximum atomic E-state index is 5.38. The van der Waals surface area contributed by atoms with E-state index in [4.69, 9.17) is 4.74 Å². The molecule has 1 saturated heterocycles. The van der Waals surface area contributed by atoms with E-state index in [0.717, 1.165) is 56.6 Å². The van der Waals surface area contributed by atoms with Crippen LogP contribution < -0.4 is 4.74 Å². The van der Waals surface area contributed by atoms with E-state index in [2.05, 4.69) is 42.7 Å². The van der Waals surface area contributed by atoms with Crippen molar-refractivity contribution < 1.29 is 4.74 Å². The predicted octanol–water partition coefficient (Wildman–Crippen LogP) is 1.47. The van der Waals surface area contributed by atoms with Crippen LogP contribution in [0.25, 0.3) is 0 Å². The van der Waals surface area contributed by atoms with Gasteiger partial charge in [0.25, 0.3) is 5.19 Å². The number of imidazole rings is 1. The van der Waals surface area contributed by atoms with Gasteiger partial charge in [-0.1, -0.05) is 11.3 Å². The standard InChI is InChI=1S/C15H24N6OS/c1-3-21-6-5-16-13(21)11-19-7-9-20(10-8-19)12-14-17-18-15(23-14)22-4-2/h5-6H,3-4,7-12H2,1-2H3. The first-order valence-electron chi connectivity index (χ1n) is 8.18.